The molecule has 0 fully saturated rings. The Bertz CT molecular complexity index is 506. The Morgan fingerprint density at radius 2 is 1.80 bits per heavy atom. The number of methoxy groups -OCH3 is 2. The van der Waals surface area contributed by atoms with Gasteiger partial charge < -0.3 is 9.47 Å². The molecule has 108 valence electrons. The van der Waals surface area contributed by atoms with E-state index in [2.05, 4.69) is 26.5 Å². The average Bonchev–Trinajstić information content (AvgIpc) is 2.45. The van der Waals surface area contributed by atoms with Crippen molar-refractivity contribution in [3.63, 3.8) is 0 Å². The van der Waals surface area contributed by atoms with Crippen molar-refractivity contribution in [1.29, 1.82) is 0 Å². The van der Waals surface area contributed by atoms with Crippen LogP contribution < -0.4 is 9.47 Å². The van der Waals surface area contributed by atoms with E-state index in [1.807, 2.05) is 18.2 Å². The maximum Gasteiger partial charge on any atom is 0.126 e. The van der Waals surface area contributed by atoms with E-state index < -0.39 is 0 Å². The van der Waals surface area contributed by atoms with Crippen LogP contribution in [0.2, 0.25) is 0 Å². The van der Waals surface area contributed by atoms with Gasteiger partial charge in [-0.05, 0) is 44.7 Å². The zero-order valence-electron chi connectivity index (χ0n) is 12.9. The van der Waals surface area contributed by atoms with Crippen LogP contribution in [0, 0.1) is 5.92 Å². The topological polar surface area (TPSA) is 18.5 Å². The normalized spacial score (nSPS) is 22.1. The molecule has 0 saturated heterocycles. The fourth-order valence-corrected chi connectivity index (χ4v) is 3.11. The van der Waals surface area contributed by atoms with Crippen molar-refractivity contribution in [2.75, 3.05) is 14.2 Å². The summed E-state index contributed by atoms with van der Waals surface area (Å²) in [5.74, 6) is 2.52. The van der Waals surface area contributed by atoms with Crippen molar-refractivity contribution in [1.82, 2.24) is 0 Å². The van der Waals surface area contributed by atoms with Crippen molar-refractivity contribution in [3.05, 3.63) is 47.6 Å². The second-order valence-electron chi connectivity index (χ2n) is 5.61. The predicted molar refractivity (Wildman–Crippen MR) is 83.6 cm³/mol. The number of hydrogen-bond donors (Lipinski definition) is 0. The molecule has 1 aromatic rings. The molecule has 2 unspecified atom stereocenters. The first-order valence-electron chi connectivity index (χ1n) is 7.12. The van der Waals surface area contributed by atoms with Gasteiger partial charge in [0.1, 0.15) is 11.5 Å². The molecule has 0 saturated carbocycles. The van der Waals surface area contributed by atoms with E-state index in [0.717, 1.165) is 29.9 Å². The first kappa shape index (κ1) is 14.7. The van der Waals surface area contributed by atoms with Crippen LogP contribution in [0.3, 0.4) is 0 Å². The molecule has 0 aromatic heterocycles. The molecule has 0 aliphatic heterocycles. The summed E-state index contributed by atoms with van der Waals surface area (Å²) in [6, 6.07) is 5.98. The zero-order valence-corrected chi connectivity index (χ0v) is 12.9. The van der Waals surface area contributed by atoms with Crippen LogP contribution in [0.25, 0.3) is 0 Å². The summed E-state index contributed by atoms with van der Waals surface area (Å²) in [6.07, 6.45) is 4.64. The highest BCUT2D eigenvalue weighted by Crippen LogP contribution is 2.46. The largest absolute Gasteiger partial charge is 0.496 e. The molecule has 0 N–H and O–H groups in total. The Kier molecular flexibility index (Phi) is 4.53. The van der Waals surface area contributed by atoms with E-state index in [9.17, 15) is 0 Å². The third-order valence-electron chi connectivity index (χ3n) is 4.18. The molecule has 0 amide bonds. The van der Waals surface area contributed by atoms with E-state index in [1.54, 1.807) is 14.2 Å². The van der Waals surface area contributed by atoms with E-state index in [1.165, 1.54) is 11.1 Å². The maximum atomic E-state index is 5.57. The lowest BCUT2D eigenvalue weighted by Crippen LogP contribution is -2.18. The van der Waals surface area contributed by atoms with Crippen molar-refractivity contribution in [2.45, 2.75) is 32.6 Å². The second-order valence-corrected chi connectivity index (χ2v) is 5.61. The van der Waals surface area contributed by atoms with Crippen molar-refractivity contribution >= 4 is 0 Å². The summed E-state index contributed by atoms with van der Waals surface area (Å²) in [4.78, 5) is 0. The monoisotopic (exact) mass is 272 g/mol. The average molecular weight is 272 g/mol. The van der Waals surface area contributed by atoms with Gasteiger partial charge >= 0.3 is 0 Å². The predicted octanol–water partition coefficient (Wildman–Crippen LogP) is 4.72. The van der Waals surface area contributed by atoms with Crippen molar-refractivity contribution < 1.29 is 9.47 Å². The smallest absolute Gasteiger partial charge is 0.126 e. The van der Waals surface area contributed by atoms with Gasteiger partial charge in [-0.1, -0.05) is 29.9 Å². The number of benzene rings is 1. The molecule has 2 nitrogen and oxygen atoms in total. The molecule has 1 aliphatic rings. The molecule has 20 heavy (non-hydrogen) atoms. The van der Waals surface area contributed by atoms with E-state index in [0.29, 0.717) is 5.92 Å². The minimum absolute atomic E-state index is 0.285. The Labute approximate surface area is 122 Å². The molecular formula is C18H24O2. The Hall–Kier alpha value is -1.70. The Morgan fingerprint density at radius 1 is 1.20 bits per heavy atom. The zero-order chi connectivity index (χ0) is 14.7. The summed E-state index contributed by atoms with van der Waals surface area (Å²) in [6.45, 7) is 8.50. The molecule has 2 atom stereocenters. The third kappa shape index (κ3) is 2.74. The van der Waals surface area contributed by atoms with Crippen LogP contribution in [-0.2, 0) is 0 Å². The molecule has 1 aromatic carbocycles. The summed E-state index contributed by atoms with van der Waals surface area (Å²) in [5.41, 5.74) is 3.80. The SMILES string of the molecule is C=C(C)C1CCC(C)=CC1c1c(OC)cccc1OC. The second kappa shape index (κ2) is 6.17. The van der Waals surface area contributed by atoms with Gasteiger partial charge in [-0.25, -0.2) is 0 Å². The molecule has 0 heterocycles. The standard InChI is InChI=1S/C18H24O2/c1-12(2)14-10-9-13(3)11-15(14)18-16(19-4)7-6-8-17(18)20-5/h6-8,11,14-15H,1,9-10H2,2-5H3. The molecular weight excluding hydrogens is 248 g/mol. The summed E-state index contributed by atoms with van der Waals surface area (Å²) in [7, 11) is 3.43. The minimum atomic E-state index is 0.285. The van der Waals surface area contributed by atoms with Gasteiger partial charge in [-0.2, -0.15) is 0 Å². The number of ether oxygens (including phenoxy) is 2. The molecule has 0 bridgehead atoms. The number of hydrogen-bond acceptors (Lipinski definition) is 2. The Morgan fingerprint density at radius 3 is 2.30 bits per heavy atom. The van der Waals surface area contributed by atoms with Crippen LogP contribution in [0.4, 0.5) is 0 Å². The number of allylic oxidation sites excluding steroid dienone is 3. The van der Waals surface area contributed by atoms with Gasteiger partial charge in [-0.3, -0.25) is 0 Å². The molecule has 0 spiro atoms. The summed E-state index contributed by atoms with van der Waals surface area (Å²) < 4.78 is 11.1. The first-order chi connectivity index (χ1) is 9.58. The molecule has 2 heteroatoms. The van der Waals surface area contributed by atoms with Gasteiger partial charge in [0, 0.05) is 11.5 Å². The highest BCUT2D eigenvalue weighted by Gasteiger charge is 2.30. The molecule has 1 aliphatic carbocycles. The van der Waals surface area contributed by atoms with Crippen LogP contribution in [-0.4, -0.2) is 14.2 Å². The van der Waals surface area contributed by atoms with Crippen LogP contribution >= 0.6 is 0 Å². The summed E-state index contributed by atoms with van der Waals surface area (Å²) in [5, 5.41) is 0. The van der Waals surface area contributed by atoms with Crippen LogP contribution in [0.5, 0.6) is 11.5 Å². The minimum Gasteiger partial charge on any atom is -0.496 e. The maximum absolute atomic E-state index is 5.57. The molecule has 0 radical (unpaired) electrons. The van der Waals surface area contributed by atoms with E-state index in [-0.39, 0.29) is 5.92 Å². The van der Waals surface area contributed by atoms with E-state index >= 15 is 0 Å². The fraction of sp³-hybridized carbons (Fsp3) is 0.444. The highest BCUT2D eigenvalue weighted by molar-refractivity contribution is 5.50. The number of rotatable bonds is 4. The van der Waals surface area contributed by atoms with Gasteiger partial charge in [0.15, 0.2) is 0 Å². The van der Waals surface area contributed by atoms with Crippen molar-refractivity contribution in [2.24, 2.45) is 5.92 Å². The van der Waals surface area contributed by atoms with E-state index in [4.69, 9.17) is 9.47 Å². The third-order valence-corrected chi connectivity index (χ3v) is 4.18. The van der Waals surface area contributed by atoms with Crippen LogP contribution in [0.15, 0.2) is 42.0 Å². The van der Waals surface area contributed by atoms with Crippen LogP contribution in [0.1, 0.15) is 38.2 Å². The van der Waals surface area contributed by atoms with Crippen molar-refractivity contribution in [3.8, 4) is 11.5 Å². The van der Waals surface area contributed by atoms with Gasteiger partial charge in [0.2, 0.25) is 0 Å². The quantitative estimate of drug-likeness (QED) is 0.738. The van der Waals surface area contributed by atoms with Gasteiger partial charge in [0.05, 0.1) is 14.2 Å². The Balaban J connectivity index is 2.56. The highest BCUT2D eigenvalue weighted by atomic mass is 16.5. The summed E-state index contributed by atoms with van der Waals surface area (Å²) >= 11 is 0. The lowest BCUT2D eigenvalue weighted by atomic mass is 9.74. The lowest BCUT2D eigenvalue weighted by Gasteiger charge is -2.32. The lowest BCUT2D eigenvalue weighted by molar-refractivity contribution is 0.369. The fourth-order valence-electron chi connectivity index (χ4n) is 3.11. The molecule has 2 rings (SSSR count). The first-order valence-corrected chi connectivity index (χ1v) is 7.12. The van der Waals surface area contributed by atoms with Gasteiger partial charge in [0.25, 0.3) is 0 Å². The van der Waals surface area contributed by atoms with Gasteiger partial charge in [-0.15, -0.1) is 0 Å².